The number of nitrogens with zero attached hydrogens (tertiary/aromatic N) is 2. The number of hydrogen-bond donors (Lipinski definition) is 0. The summed E-state index contributed by atoms with van der Waals surface area (Å²) >= 11 is 0. The fraction of sp³-hybridized carbons (Fsp3) is 0.278. The van der Waals surface area contributed by atoms with Gasteiger partial charge in [-0.1, -0.05) is 12.1 Å². The van der Waals surface area contributed by atoms with E-state index < -0.39 is 54.0 Å². The predicted octanol–water partition coefficient (Wildman–Crippen LogP) is 6.16. The van der Waals surface area contributed by atoms with E-state index in [0.29, 0.717) is 23.1 Å². The van der Waals surface area contributed by atoms with Crippen LogP contribution in [0.5, 0.6) is 0 Å². The van der Waals surface area contributed by atoms with Crippen LogP contribution >= 0.6 is 0 Å². The Balaban J connectivity index is 2.43. The third-order valence-electron chi connectivity index (χ3n) is 3.82. The van der Waals surface area contributed by atoms with Crippen LogP contribution in [0.3, 0.4) is 0 Å². The average Bonchev–Trinajstić information content (AvgIpc) is 2.58. The summed E-state index contributed by atoms with van der Waals surface area (Å²) in [6.45, 7) is -2.24. The fourth-order valence-electron chi connectivity index (χ4n) is 2.54. The summed E-state index contributed by atoms with van der Waals surface area (Å²) in [7, 11) is 0. The van der Waals surface area contributed by atoms with Gasteiger partial charge in [0.15, 0.2) is 0 Å². The minimum Gasteiger partial charge on any atom is -0.358 e. The van der Waals surface area contributed by atoms with Gasteiger partial charge in [0.05, 0.1) is 22.8 Å². The molecule has 0 N–H and O–H groups in total. The zero-order valence-electron chi connectivity index (χ0n) is 14.3. The molecule has 0 radical (unpaired) electrons. The molecule has 11 heteroatoms. The van der Waals surface area contributed by atoms with Crippen LogP contribution in [0.4, 0.5) is 45.2 Å². The SMILES string of the molecule is N#Cc1ccc(N(Cc2ccc(C(F)(F)F)cc2)CC(F)(F)F)cc1C(F)(F)F. The Kier molecular flexibility index (Phi) is 6.06. The topological polar surface area (TPSA) is 27.0 Å². The Morgan fingerprint density at radius 3 is 1.83 bits per heavy atom. The maximum atomic E-state index is 13.1. The van der Waals surface area contributed by atoms with Crippen LogP contribution < -0.4 is 4.90 Å². The number of hydrogen-bond acceptors (Lipinski definition) is 2. The van der Waals surface area contributed by atoms with Crippen LogP contribution in [-0.2, 0) is 18.9 Å². The highest BCUT2D eigenvalue weighted by atomic mass is 19.4. The van der Waals surface area contributed by atoms with E-state index in [0.717, 1.165) is 24.3 Å². The van der Waals surface area contributed by atoms with Crippen molar-refractivity contribution in [3.05, 3.63) is 64.7 Å². The van der Waals surface area contributed by atoms with E-state index in [9.17, 15) is 39.5 Å². The predicted molar refractivity (Wildman–Crippen MR) is 84.7 cm³/mol. The van der Waals surface area contributed by atoms with Gasteiger partial charge in [0.2, 0.25) is 0 Å². The van der Waals surface area contributed by atoms with Crippen LogP contribution in [0.25, 0.3) is 0 Å². The minimum absolute atomic E-state index is 0.0279. The first-order valence-electron chi connectivity index (χ1n) is 7.80. The van der Waals surface area contributed by atoms with Crippen molar-refractivity contribution >= 4 is 5.69 Å². The molecule has 0 unspecified atom stereocenters. The van der Waals surface area contributed by atoms with E-state index in [1.54, 1.807) is 0 Å². The van der Waals surface area contributed by atoms with Gasteiger partial charge in [-0.3, -0.25) is 0 Å². The van der Waals surface area contributed by atoms with Gasteiger partial charge in [-0.15, -0.1) is 0 Å². The quantitative estimate of drug-likeness (QED) is 0.548. The molecule has 2 aromatic carbocycles. The smallest absolute Gasteiger partial charge is 0.358 e. The number of nitriles is 1. The van der Waals surface area contributed by atoms with Gasteiger partial charge in [-0.05, 0) is 35.9 Å². The highest BCUT2D eigenvalue weighted by molar-refractivity contribution is 5.55. The molecule has 0 spiro atoms. The number of benzene rings is 2. The molecule has 0 aliphatic rings. The molecule has 0 heterocycles. The van der Waals surface area contributed by atoms with Crippen LogP contribution in [0.1, 0.15) is 22.3 Å². The molecule has 2 nitrogen and oxygen atoms in total. The lowest BCUT2D eigenvalue weighted by Gasteiger charge is -2.27. The Hall–Kier alpha value is -2.90. The summed E-state index contributed by atoms with van der Waals surface area (Å²) in [6, 6.07) is 6.62. The highest BCUT2D eigenvalue weighted by Crippen LogP contribution is 2.36. The standard InChI is InChI=1S/C18H11F9N2/c19-16(20,21)10-29(9-11-1-4-13(5-2-11)17(22,23)24)14-6-3-12(8-28)15(7-14)18(25,26)27/h1-7H,9-10H2. The Labute approximate surface area is 158 Å². The molecule has 0 bridgehead atoms. The Morgan fingerprint density at radius 1 is 0.793 bits per heavy atom. The molecule has 0 atom stereocenters. The summed E-state index contributed by atoms with van der Waals surface area (Å²) in [5.41, 5.74) is -3.63. The van der Waals surface area contributed by atoms with Crippen molar-refractivity contribution in [1.29, 1.82) is 5.26 Å². The molecule has 29 heavy (non-hydrogen) atoms. The summed E-state index contributed by atoms with van der Waals surface area (Å²) in [5, 5.41) is 8.79. The van der Waals surface area contributed by atoms with Crippen molar-refractivity contribution in [2.75, 3.05) is 11.4 Å². The fourth-order valence-corrected chi connectivity index (χ4v) is 2.54. The largest absolute Gasteiger partial charge is 0.417 e. The second-order valence-electron chi connectivity index (χ2n) is 6.01. The van der Waals surface area contributed by atoms with Gasteiger partial charge in [-0.25, -0.2) is 0 Å². The molecule has 0 saturated carbocycles. The molecule has 2 rings (SSSR count). The third-order valence-corrected chi connectivity index (χ3v) is 3.82. The second kappa shape index (κ2) is 7.85. The summed E-state index contributed by atoms with van der Waals surface area (Å²) < 4.78 is 116. The lowest BCUT2D eigenvalue weighted by atomic mass is 10.1. The normalized spacial score (nSPS) is 12.6. The first-order chi connectivity index (χ1) is 13.2. The molecule has 156 valence electrons. The molecule has 0 aromatic heterocycles. The van der Waals surface area contributed by atoms with Crippen molar-refractivity contribution < 1.29 is 39.5 Å². The van der Waals surface area contributed by atoms with E-state index in [-0.39, 0.29) is 5.56 Å². The van der Waals surface area contributed by atoms with E-state index >= 15 is 0 Å². The zero-order valence-corrected chi connectivity index (χ0v) is 14.3. The van der Waals surface area contributed by atoms with Crippen LogP contribution in [0.2, 0.25) is 0 Å². The van der Waals surface area contributed by atoms with E-state index in [1.165, 1.54) is 6.07 Å². The molecule has 0 fully saturated rings. The van der Waals surface area contributed by atoms with E-state index in [4.69, 9.17) is 5.26 Å². The third kappa shape index (κ3) is 6.04. The van der Waals surface area contributed by atoms with Crippen molar-refractivity contribution in [2.45, 2.75) is 25.1 Å². The number of halogens is 9. The molecule has 0 aliphatic heterocycles. The van der Waals surface area contributed by atoms with Crippen molar-refractivity contribution in [2.24, 2.45) is 0 Å². The maximum absolute atomic E-state index is 13.1. The highest BCUT2D eigenvalue weighted by Gasteiger charge is 2.36. The molecular weight excluding hydrogens is 415 g/mol. The first kappa shape index (κ1) is 22.4. The monoisotopic (exact) mass is 426 g/mol. The van der Waals surface area contributed by atoms with Crippen LogP contribution in [0, 0.1) is 11.3 Å². The summed E-state index contributed by atoms with van der Waals surface area (Å²) in [6.07, 6.45) is -14.4. The van der Waals surface area contributed by atoms with Gasteiger partial charge in [-0.2, -0.15) is 44.8 Å². The lowest BCUT2D eigenvalue weighted by molar-refractivity contribution is -0.138. The van der Waals surface area contributed by atoms with Gasteiger partial charge in [0, 0.05) is 12.2 Å². The second-order valence-corrected chi connectivity index (χ2v) is 6.01. The number of rotatable bonds is 4. The maximum Gasteiger partial charge on any atom is 0.417 e. The molecular formula is C18H11F9N2. The molecule has 0 saturated heterocycles. The lowest BCUT2D eigenvalue weighted by Crippen LogP contribution is -2.34. The van der Waals surface area contributed by atoms with Gasteiger partial charge >= 0.3 is 18.5 Å². The van der Waals surface area contributed by atoms with E-state index in [2.05, 4.69) is 0 Å². The van der Waals surface area contributed by atoms with Crippen LogP contribution in [-0.4, -0.2) is 12.7 Å². The van der Waals surface area contributed by atoms with Gasteiger partial charge < -0.3 is 4.90 Å². The Bertz CT molecular complexity index is 888. The number of alkyl halides is 9. The molecule has 2 aromatic rings. The molecule has 0 amide bonds. The summed E-state index contributed by atoms with van der Waals surface area (Å²) in [5.74, 6) is 0. The van der Waals surface area contributed by atoms with Gasteiger partial charge in [0.25, 0.3) is 0 Å². The summed E-state index contributed by atoms with van der Waals surface area (Å²) in [4.78, 5) is 0.541. The van der Waals surface area contributed by atoms with Gasteiger partial charge in [0.1, 0.15) is 6.54 Å². The Morgan fingerprint density at radius 2 is 1.38 bits per heavy atom. The average molecular weight is 426 g/mol. The zero-order chi connectivity index (χ0) is 22.0. The van der Waals surface area contributed by atoms with E-state index in [1.807, 2.05) is 0 Å². The van der Waals surface area contributed by atoms with Crippen LogP contribution in [0.15, 0.2) is 42.5 Å². The van der Waals surface area contributed by atoms with Crippen molar-refractivity contribution in [1.82, 2.24) is 0 Å². The minimum atomic E-state index is -4.97. The van der Waals surface area contributed by atoms with Crippen molar-refractivity contribution in [3.63, 3.8) is 0 Å². The molecule has 0 aliphatic carbocycles. The van der Waals surface area contributed by atoms with Crippen molar-refractivity contribution in [3.8, 4) is 6.07 Å². The first-order valence-corrected chi connectivity index (χ1v) is 7.80. The number of anilines is 1.